The highest BCUT2D eigenvalue weighted by Crippen LogP contribution is 1.83. The molecule has 0 rings (SSSR count). The molecule has 0 saturated carbocycles. The van der Waals surface area contributed by atoms with Gasteiger partial charge in [-0.1, -0.05) is 0 Å². The second kappa shape index (κ2) is 2.23. The molecule has 3 heteroatoms. The molecular weight excluding hydrogens is 96.0 g/mol. The molecule has 0 bridgehead atoms. The molecule has 0 amide bonds. The molecule has 0 aliphatic rings. The predicted molar refractivity (Wildman–Crippen MR) is 24.0 cm³/mol. The molecule has 0 heterocycles. The summed E-state index contributed by atoms with van der Waals surface area (Å²) in [5, 5.41) is 16.1. The van der Waals surface area contributed by atoms with E-state index in [0.717, 1.165) is 6.92 Å². The lowest BCUT2D eigenvalue weighted by atomic mass is 10.4. The van der Waals surface area contributed by atoms with Crippen LogP contribution < -0.4 is 0 Å². The summed E-state index contributed by atoms with van der Waals surface area (Å²) in [6.45, 7) is 1.15. The number of rotatable bonds is 1. The average Bonchev–Trinajstić information content (AvgIpc) is 1.65. The van der Waals surface area contributed by atoms with Gasteiger partial charge in [-0.05, 0) is 0 Å². The summed E-state index contributed by atoms with van der Waals surface area (Å²) < 4.78 is 0. The molecule has 0 fully saturated rings. The van der Waals surface area contributed by atoms with E-state index in [1.54, 1.807) is 0 Å². The van der Waals surface area contributed by atoms with Gasteiger partial charge in [-0.2, -0.15) is 0 Å². The fourth-order valence-corrected chi connectivity index (χ4v) is 0.0909. The number of aliphatic hydroxyl groups excluding tert-OH is 2. The van der Waals surface area contributed by atoms with Crippen molar-refractivity contribution in [2.24, 2.45) is 0 Å². The third kappa shape index (κ3) is 1.81. The number of carbonyl (C=O) groups excluding carboxylic acids is 1. The smallest absolute Gasteiger partial charge is 0.197 e. The SMILES string of the molecule is CC(=O)C(O)=CO. The van der Waals surface area contributed by atoms with Crippen LogP contribution in [0.2, 0.25) is 0 Å². The highest BCUT2D eigenvalue weighted by molar-refractivity contribution is 5.90. The molecule has 0 aromatic heterocycles. The summed E-state index contributed by atoms with van der Waals surface area (Å²) in [6.07, 6.45) is 0.363. The van der Waals surface area contributed by atoms with Crippen molar-refractivity contribution in [1.29, 1.82) is 0 Å². The minimum Gasteiger partial charge on any atom is -0.512 e. The van der Waals surface area contributed by atoms with Gasteiger partial charge < -0.3 is 10.2 Å². The Labute approximate surface area is 40.9 Å². The first-order chi connectivity index (χ1) is 3.18. The molecule has 0 radical (unpaired) electrons. The van der Waals surface area contributed by atoms with Crippen LogP contribution in [0.25, 0.3) is 0 Å². The molecule has 0 aliphatic carbocycles. The van der Waals surface area contributed by atoms with E-state index in [9.17, 15) is 4.79 Å². The fourth-order valence-electron chi connectivity index (χ4n) is 0.0909. The Bertz CT molecular complexity index is 104. The first kappa shape index (κ1) is 6.01. The van der Waals surface area contributed by atoms with Crippen molar-refractivity contribution in [2.45, 2.75) is 6.92 Å². The van der Waals surface area contributed by atoms with Gasteiger partial charge in [-0.25, -0.2) is 0 Å². The lowest BCUT2D eigenvalue weighted by Crippen LogP contribution is -1.93. The Kier molecular flexibility index (Phi) is 1.91. The van der Waals surface area contributed by atoms with Gasteiger partial charge in [-0.3, -0.25) is 4.79 Å². The van der Waals surface area contributed by atoms with Crippen LogP contribution in [0, 0.1) is 0 Å². The minimum absolute atomic E-state index is 0.363. The van der Waals surface area contributed by atoms with Crippen LogP contribution in [0.3, 0.4) is 0 Å². The van der Waals surface area contributed by atoms with E-state index >= 15 is 0 Å². The van der Waals surface area contributed by atoms with E-state index < -0.39 is 11.5 Å². The monoisotopic (exact) mass is 102 g/mol. The molecule has 3 nitrogen and oxygen atoms in total. The Morgan fingerprint density at radius 3 is 2.14 bits per heavy atom. The van der Waals surface area contributed by atoms with Crippen LogP contribution in [0.5, 0.6) is 0 Å². The summed E-state index contributed by atoms with van der Waals surface area (Å²) in [6, 6.07) is 0. The summed E-state index contributed by atoms with van der Waals surface area (Å²) in [5.41, 5.74) is 0. The Balaban J connectivity index is 3.82. The topological polar surface area (TPSA) is 57.5 Å². The van der Waals surface area contributed by atoms with E-state index in [0.29, 0.717) is 6.26 Å². The van der Waals surface area contributed by atoms with Crippen molar-refractivity contribution in [3.05, 3.63) is 12.0 Å². The molecule has 7 heavy (non-hydrogen) atoms. The summed E-state index contributed by atoms with van der Waals surface area (Å²) >= 11 is 0. The Hall–Kier alpha value is -0.990. The van der Waals surface area contributed by atoms with Crippen molar-refractivity contribution in [2.75, 3.05) is 0 Å². The van der Waals surface area contributed by atoms with Gasteiger partial charge >= 0.3 is 0 Å². The van der Waals surface area contributed by atoms with Crippen molar-refractivity contribution in [3.63, 3.8) is 0 Å². The molecule has 0 spiro atoms. The van der Waals surface area contributed by atoms with Crippen LogP contribution in [0.4, 0.5) is 0 Å². The standard InChI is InChI=1S/C4H6O3/c1-3(6)4(7)2-5/h2,5,7H,1H3. The van der Waals surface area contributed by atoms with E-state index in [-0.39, 0.29) is 0 Å². The molecule has 40 valence electrons. The van der Waals surface area contributed by atoms with Crippen LogP contribution >= 0.6 is 0 Å². The fraction of sp³-hybridized carbons (Fsp3) is 0.250. The van der Waals surface area contributed by atoms with Gasteiger partial charge in [0.1, 0.15) is 6.26 Å². The molecule has 0 aromatic carbocycles. The van der Waals surface area contributed by atoms with Crippen LogP contribution in [-0.2, 0) is 4.79 Å². The zero-order valence-electron chi connectivity index (χ0n) is 3.88. The zero-order chi connectivity index (χ0) is 5.86. The number of hydrogen-bond acceptors (Lipinski definition) is 3. The van der Waals surface area contributed by atoms with Crippen molar-refractivity contribution in [1.82, 2.24) is 0 Å². The van der Waals surface area contributed by atoms with Gasteiger partial charge in [0.25, 0.3) is 0 Å². The van der Waals surface area contributed by atoms with Gasteiger partial charge in [0.05, 0.1) is 0 Å². The number of allylic oxidation sites excluding steroid dienone is 1. The maximum atomic E-state index is 9.90. The van der Waals surface area contributed by atoms with Gasteiger partial charge in [0.15, 0.2) is 11.5 Å². The first-order valence-corrected chi connectivity index (χ1v) is 1.72. The van der Waals surface area contributed by atoms with E-state index in [4.69, 9.17) is 10.2 Å². The van der Waals surface area contributed by atoms with Gasteiger partial charge in [-0.15, -0.1) is 0 Å². The van der Waals surface area contributed by atoms with Gasteiger partial charge in [0, 0.05) is 6.92 Å². The van der Waals surface area contributed by atoms with Crippen molar-refractivity contribution < 1.29 is 15.0 Å². The molecule has 2 N–H and O–H groups in total. The predicted octanol–water partition coefficient (Wildman–Crippen LogP) is 0.533. The van der Waals surface area contributed by atoms with Crippen LogP contribution in [0.1, 0.15) is 6.92 Å². The number of carbonyl (C=O) groups is 1. The zero-order valence-corrected chi connectivity index (χ0v) is 3.88. The van der Waals surface area contributed by atoms with Crippen LogP contribution in [-0.4, -0.2) is 16.0 Å². The Morgan fingerprint density at radius 1 is 1.71 bits per heavy atom. The summed E-state index contributed by atoms with van der Waals surface area (Å²) in [7, 11) is 0. The number of ketones is 1. The molecular formula is C4H6O3. The van der Waals surface area contributed by atoms with E-state index in [2.05, 4.69) is 0 Å². The molecule has 0 aromatic rings. The molecule has 0 aliphatic heterocycles. The molecule has 0 atom stereocenters. The largest absolute Gasteiger partial charge is 0.512 e. The van der Waals surface area contributed by atoms with Crippen molar-refractivity contribution >= 4 is 5.78 Å². The highest BCUT2D eigenvalue weighted by Gasteiger charge is 1.95. The molecule has 0 unspecified atom stereocenters. The molecule has 0 saturated heterocycles. The lowest BCUT2D eigenvalue weighted by molar-refractivity contribution is -0.116. The third-order valence-electron chi connectivity index (χ3n) is 0.483. The maximum Gasteiger partial charge on any atom is 0.197 e. The third-order valence-corrected chi connectivity index (χ3v) is 0.483. The Morgan fingerprint density at radius 2 is 2.14 bits per heavy atom. The number of hydrogen-bond donors (Lipinski definition) is 2. The summed E-state index contributed by atoms with van der Waals surface area (Å²) in [4.78, 5) is 9.90. The quantitative estimate of drug-likeness (QED) is 0.375. The summed E-state index contributed by atoms with van der Waals surface area (Å²) in [5.74, 6) is -1.15. The highest BCUT2D eigenvalue weighted by atomic mass is 16.3. The second-order valence-electron chi connectivity index (χ2n) is 1.07. The van der Waals surface area contributed by atoms with Crippen molar-refractivity contribution in [3.8, 4) is 0 Å². The van der Waals surface area contributed by atoms with E-state index in [1.807, 2.05) is 0 Å². The average molecular weight is 102 g/mol. The number of Topliss-reactive ketones (excluding diaryl/α,β-unsaturated/α-hetero) is 1. The lowest BCUT2D eigenvalue weighted by Gasteiger charge is -1.83. The van der Waals surface area contributed by atoms with Crippen LogP contribution in [0.15, 0.2) is 12.0 Å². The van der Waals surface area contributed by atoms with Gasteiger partial charge in [0.2, 0.25) is 0 Å². The minimum atomic E-state index is -0.611. The first-order valence-electron chi connectivity index (χ1n) is 1.72. The second-order valence-corrected chi connectivity index (χ2v) is 1.07. The maximum absolute atomic E-state index is 9.90. The number of aliphatic hydroxyl groups is 2. The van der Waals surface area contributed by atoms with E-state index in [1.165, 1.54) is 0 Å². The normalized spacial score (nSPS) is 11.3.